The standard InChI is InChI=1S/C10H17NO2/c12-10(13)9(8-3-4-8)7-11-5-1-2-6-11/h8-9H,1-7H2,(H,12,13). The average molecular weight is 183 g/mol. The van der Waals surface area contributed by atoms with E-state index < -0.39 is 5.97 Å². The number of carbonyl (C=O) groups is 1. The van der Waals surface area contributed by atoms with E-state index in [-0.39, 0.29) is 5.92 Å². The normalized spacial score (nSPS) is 26.2. The largest absolute Gasteiger partial charge is 0.481 e. The summed E-state index contributed by atoms with van der Waals surface area (Å²) in [5.74, 6) is -0.189. The van der Waals surface area contributed by atoms with Crippen molar-refractivity contribution in [1.29, 1.82) is 0 Å². The minimum Gasteiger partial charge on any atom is -0.481 e. The molecule has 3 nitrogen and oxygen atoms in total. The van der Waals surface area contributed by atoms with Crippen LogP contribution in [0.15, 0.2) is 0 Å². The SMILES string of the molecule is O=C(O)C(CN1CCCC1)C1CC1. The molecule has 1 saturated heterocycles. The van der Waals surface area contributed by atoms with Gasteiger partial charge in [0.1, 0.15) is 0 Å². The Morgan fingerprint density at radius 1 is 1.38 bits per heavy atom. The Kier molecular flexibility index (Phi) is 2.54. The van der Waals surface area contributed by atoms with Gasteiger partial charge in [0.05, 0.1) is 5.92 Å². The van der Waals surface area contributed by atoms with Crippen LogP contribution in [0.1, 0.15) is 25.7 Å². The lowest BCUT2D eigenvalue weighted by molar-refractivity contribution is -0.143. The first kappa shape index (κ1) is 9.00. The molecule has 1 heterocycles. The molecule has 2 aliphatic rings. The van der Waals surface area contributed by atoms with Crippen molar-refractivity contribution < 1.29 is 9.90 Å². The fraction of sp³-hybridized carbons (Fsp3) is 0.900. The highest BCUT2D eigenvalue weighted by Gasteiger charge is 2.37. The molecule has 74 valence electrons. The highest BCUT2D eigenvalue weighted by Crippen LogP contribution is 2.37. The van der Waals surface area contributed by atoms with E-state index in [0.29, 0.717) is 5.92 Å². The van der Waals surface area contributed by atoms with Crippen LogP contribution < -0.4 is 0 Å². The molecule has 13 heavy (non-hydrogen) atoms. The van der Waals surface area contributed by atoms with Crippen molar-refractivity contribution in [2.75, 3.05) is 19.6 Å². The number of carboxylic acids is 1. The van der Waals surface area contributed by atoms with E-state index in [1.54, 1.807) is 0 Å². The van der Waals surface area contributed by atoms with Crippen molar-refractivity contribution in [1.82, 2.24) is 4.90 Å². The van der Waals surface area contributed by atoms with E-state index in [2.05, 4.69) is 4.90 Å². The highest BCUT2D eigenvalue weighted by atomic mass is 16.4. The zero-order valence-electron chi connectivity index (χ0n) is 7.91. The van der Waals surface area contributed by atoms with Crippen LogP contribution in [0.25, 0.3) is 0 Å². The molecule has 1 unspecified atom stereocenters. The monoisotopic (exact) mass is 183 g/mol. The van der Waals surface area contributed by atoms with Crippen LogP contribution in [0.4, 0.5) is 0 Å². The van der Waals surface area contributed by atoms with Crippen LogP contribution >= 0.6 is 0 Å². The summed E-state index contributed by atoms with van der Waals surface area (Å²) in [7, 11) is 0. The molecule has 0 aromatic carbocycles. The molecule has 1 N–H and O–H groups in total. The number of nitrogens with zero attached hydrogens (tertiary/aromatic N) is 1. The van der Waals surface area contributed by atoms with Crippen LogP contribution in [0.3, 0.4) is 0 Å². The van der Waals surface area contributed by atoms with Gasteiger partial charge in [0.25, 0.3) is 0 Å². The summed E-state index contributed by atoms with van der Waals surface area (Å²) in [6, 6.07) is 0. The summed E-state index contributed by atoms with van der Waals surface area (Å²) in [4.78, 5) is 13.2. The molecular formula is C10H17NO2. The molecule has 1 saturated carbocycles. The third-order valence-electron chi connectivity index (χ3n) is 3.16. The fourth-order valence-corrected chi connectivity index (χ4v) is 2.17. The van der Waals surface area contributed by atoms with Gasteiger partial charge in [-0.05, 0) is 44.7 Å². The number of rotatable bonds is 4. The fourth-order valence-electron chi connectivity index (χ4n) is 2.17. The predicted molar refractivity (Wildman–Crippen MR) is 49.5 cm³/mol. The Labute approximate surface area is 78.7 Å². The maximum Gasteiger partial charge on any atom is 0.308 e. The zero-order valence-corrected chi connectivity index (χ0v) is 7.91. The number of likely N-dealkylation sites (tertiary alicyclic amines) is 1. The van der Waals surface area contributed by atoms with Crippen molar-refractivity contribution in [2.45, 2.75) is 25.7 Å². The topological polar surface area (TPSA) is 40.5 Å². The quantitative estimate of drug-likeness (QED) is 0.711. The van der Waals surface area contributed by atoms with Gasteiger partial charge in [0, 0.05) is 6.54 Å². The van der Waals surface area contributed by atoms with Gasteiger partial charge in [-0.1, -0.05) is 0 Å². The Balaban J connectivity index is 1.84. The Morgan fingerprint density at radius 3 is 2.46 bits per heavy atom. The van der Waals surface area contributed by atoms with E-state index in [0.717, 1.165) is 32.5 Å². The van der Waals surface area contributed by atoms with Crippen molar-refractivity contribution in [3.8, 4) is 0 Å². The van der Waals surface area contributed by atoms with Crippen LogP contribution in [-0.4, -0.2) is 35.6 Å². The third-order valence-corrected chi connectivity index (χ3v) is 3.16. The summed E-state index contributed by atoms with van der Waals surface area (Å²) in [5, 5.41) is 9.02. The summed E-state index contributed by atoms with van der Waals surface area (Å²) in [5.41, 5.74) is 0. The minimum absolute atomic E-state index is 0.0851. The maximum atomic E-state index is 10.9. The van der Waals surface area contributed by atoms with Gasteiger partial charge in [0.2, 0.25) is 0 Å². The Morgan fingerprint density at radius 2 is 2.00 bits per heavy atom. The second-order valence-electron chi connectivity index (χ2n) is 4.29. The summed E-state index contributed by atoms with van der Waals surface area (Å²) in [6.07, 6.45) is 4.75. The van der Waals surface area contributed by atoms with E-state index >= 15 is 0 Å². The van der Waals surface area contributed by atoms with Crippen molar-refractivity contribution in [2.24, 2.45) is 11.8 Å². The van der Waals surface area contributed by atoms with Crippen LogP contribution in [0, 0.1) is 11.8 Å². The number of carboxylic acid groups (broad SMARTS) is 1. The minimum atomic E-state index is -0.589. The second kappa shape index (κ2) is 3.66. The predicted octanol–water partition coefficient (Wildman–Crippen LogP) is 1.19. The zero-order chi connectivity index (χ0) is 9.26. The summed E-state index contributed by atoms with van der Waals surface area (Å²) >= 11 is 0. The van der Waals surface area contributed by atoms with E-state index in [1.165, 1.54) is 12.8 Å². The van der Waals surface area contributed by atoms with Crippen LogP contribution in [-0.2, 0) is 4.79 Å². The van der Waals surface area contributed by atoms with Gasteiger partial charge in [-0.25, -0.2) is 0 Å². The lowest BCUT2D eigenvalue weighted by Gasteiger charge is -2.19. The van der Waals surface area contributed by atoms with Gasteiger partial charge in [-0.2, -0.15) is 0 Å². The molecule has 2 rings (SSSR count). The lowest BCUT2D eigenvalue weighted by Crippen LogP contribution is -2.32. The van der Waals surface area contributed by atoms with Crippen LogP contribution in [0.2, 0.25) is 0 Å². The molecule has 0 aromatic rings. The molecule has 1 aliphatic carbocycles. The summed E-state index contributed by atoms with van der Waals surface area (Å²) < 4.78 is 0. The first-order chi connectivity index (χ1) is 6.27. The smallest absolute Gasteiger partial charge is 0.308 e. The Bertz CT molecular complexity index is 195. The van der Waals surface area contributed by atoms with Gasteiger partial charge in [-0.3, -0.25) is 4.79 Å². The second-order valence-corrected chi connectivity index (χ2v) is 4.29. The molecule has 0 aromatic heterocycles. The van der Waals surface area contributed by atoms with E-state index in [4.69, 9.17) is 5.11 Å². The molecule has 0 radical (unpaired) electrons. The van der Waals surface area contributed by atoms with Gasteiger partial charge < -0.3 is 10.0 Å². The Hall–Kier alpha value is -0.570. The molecule has 1 aliphatic heterocycles. The molecular weight excluding hydrogens is 166 g/mol. The molecule has 0 bridgehead atoms. The first-order valence-electron chi connectivity index (χ1n) is 5.22. The van der Waals surface area contributed by atoms with Crippen molar-refractivity contribution in [3.05, 3.63) is 0 Å². The maximum absolute atomic E-state index is 10.9. The van der Waals surface area contributed by atoms with Crippen molar-refractivity contribution in [3.63, 3.8) is 0 Å². The molecule has 1 atom stereocenters. The van der Waals surface area contributed by atoms with E-state index in [9.17, 15) is 4.79 Å². The van der Waals surface area contributed by atoms with Crippen LogP contribution in [0.5, 0.6) is 0 Å². The van der Waals surface area contributed by atoms with Gasteiger partial charge in [0.15, 0.2) is 0 Å². The number of hydrogen-bond acceptors (Lipinski definition) is 2. The number of hydrogen-bond donors (Lipinski definition) is 1. The molecule has 0 spiro atoms. The molecule has 0 amide bonds. The first-order valence-corrected chi connectivity index (χ1v) is 5.22. The molecule has 2 fully saturated rings. The number of aliphatic carboxylic acids is 1. The van der Waals surface area contributed by atoms with E-state index in [1.807, 2.05) is 0 Å². The van der Waals surface area contributed by atoms with Gasteiger partial charge >= 0.3 is 5.97 Å². The highest BCUT2D eigenvalue weighted by molar-refractivity contribution is 5.71. The average Bonchev–Trinajstić information content (AvgIpc) is 2.79. The van der Waals surface area contributed by atoms with Crippen molar-refractivity contribution >= 4 is 5.97 Å². The lowest BCUT2D eigenvalue weighted by atomic mass is 10.0. The molecule has 3 heteroatoms. The third kappa shape index (κ3) is 2.21. The summed E-state index contributed by atoms with van der Waals surface area (Å²) in [6.45, 7) is 3.01. The van der Waals surface area contributed by atoms with Gasteiger partial charge in [-0.15, -0.1) is 0 Å².